The number of aliphatic hydroxyl groups is 1. The Morgan fingerprint density at radius 3 is 2.17 bits per heavy atom. The Morgan fingerprint density at radius 1 is 0.809 bits per heavy atom. The van der Waals surface area contributed by atoms with Crippen molar-refractivity contribution >= 4 is 63.8 Å². The number of aliphatic hydroxyl groups excluding tert-OH is 1. The van der Waals surface area contributed by atoms with Crippen molar-refractivity contribution < 1.29 is 61.5 Å². The number of thiazole rings is 1. The summed E-state index contributed by atoms with van der Waals surface area (Å²) >= 11 is 1.57. The van der Waals surface area contributed by atoms with E-state index in [9.17, 15) is 37.9 Å². The Bertz CT molecular complexity index is 3340. The third kappa shape index (κ3) is 18.3. The second-order valence-corrected chi connectivity index (χ2v) is 24.2. The minimum absolute atomic E-state index is 0.00835. The summed E-state index contributed by atoms with van der Waals surface area (Å²) < 4.78 is 58.5. The summed E-state index contributed by atoms with van der Waals surface area (Å²) in [5.74, 6) is -1.53. The van der Waals surface area contributed by atoms with Gasteiger partial charge < -0.3 is 64.8 Å². The molecule has 89 heavy (non-hydrogen) atoms. The van der Waals surface area contributed by atoms with E-state index in [1.165, 1.54) is 21.7 Å². The first-order valence-corrected chi connectivity index (χ1v) is 31.2. The molecule has 3 saturated heterocycles. The van der Waals surface area contributed by atoms with Crippen molar-refractivity contribution in [3.63, 3.8) is 0 Å². The molecule has 5 N–H and O–H groups in total. The smallest absolute Gasteiger partial charge is 0.274 e. The van der Waals surface area contributed by atoms with E-state index in [0.717, 1.165) is 40.3 Å². The highest BCUT2D eigenvalue weighted by Crippen LogP contribution is 2.37. The van der Waals surface area contributed by atoms with Crippen molar-refractivity contribution in [2.24, 2.45) is 5.41 Å². The van der Waals surface area contributed by atoms with Crippen molar-refractivity contribution in [3.8, 4) is 10.4 Å². The number of hydrogen-bond donors (Lipinski definition) is 5. The Hall–Kier alpha value is -7.59. The Labute approximate surface area is 520 Å². The van der Waals surface area contributed by atoms with E-state index < -0.39 is 53.1 Å². The van der Waals surface area contributed by atoms with Crippen LogP contribution in [-0.2, 0) is 49.4 Å². The lowest BCUT2D eigenvalue weighted by molar-refractivity contribution is -0.144. The molecule has 0 aliphatic carbocycles. The molecule has 9 rings (SSSR count). The number of amides is 5. The predicted octanol–water partition coefficient (Wildman–Crippen LogP) is 6.50. The number of nitrogens with one attached hydrogen (secondary N) is 4. The van der Waals surface area contributed by atoms with Crippen LogP contribution in [-0.4, -0.2) is 185 Å². The first kappa shape index (κ1) is 65.8. The molecule has 26 heteroatoms. The van der Waals surface area contributed by atoms with E-state index in [1.54, 1.807) is 47.3 Å². The van der Waals surface area contributed by atoms with E-state index >= 15 is 0 Å². The molecule has 6 aromatic rings. The molecule has 2 aromatic carbocycles. The number of hydrogen-bond acceptors (Lipinski definition) is 18. The van der Waals surface area contributed by atoms with Gasteiger partial charge in [0.2, 0.25) is 23.6 Å². The number of likely N-dealkylation sites (tertiary alicyclic amines) is 2. The maximum atomic E-state index is 14.8. The fourth-order valence-electron chi connectivity index (χ4n) is 11.0. The van der Waals surface area contributed by atoms with Gasteiger partial charge in [0.1, 0.15) is 46.7 Å². The second-order valence-electron chi connectivity index (χ2n) is 23.3. The fraction of sp³-hybridized carbons (Fsp3) is 0.508. The number of rotatable bonds is 30. The third-order valence-corrected chi connectivity index (χ3v) is 16.8. The zero-order valence-corrected chi connectivity index (χ0v) is 51.6. The van der Waals surface area contributed by atoms with Crippen molar-refractivity contribution in [2.75, 3.05) is 108 Å². The zero-order valence-electron chi connectivity index (χ0n) is 50.8. The van der Waals surface area contributed by atoms with Gasteiger partial charge in [0.05, 0.1) is 107 Å². The topological polar surface area (TPSA) is 266 Å². The van der Waals surface area contributed by atoms with Gasteiger partial charge in [0.25, 0.3) is 5.91 Å². The normalized spacial score (nSPS) is 17.5. The van der Waals surface area contributed by atoms with Crippen LogP contribution in [0.4, 0.5) is 26.1 Å². The SMILES string of the molecule is Cc1ncsc1-c1ccc(CNC(=O)C2C[C@@H](O)CN2C(=O)[C@@H](NC(=O)CCOCCOCCOCCOCCOCCC(=O)N2CCC(Nc3cccc(C(=O)Nc4cnn5ccc(N6CCC[C@@H]6c6cc(F)ccc6F)nc45)n3)CC2)C(C)(C)C)cc1. The molecule has 4 atom stereocenters. The maximum Gasteiger partial charge on any atom is 0.274 e. The van der Waals surface area contributed by atoms with E-state index in [4.69, 9.17) is 28.7 Å². The van der Waals surface area contributed by atoms with Crippen LogP contribution in [0.25, 0.3) is 16.1 Å². The summed E-state index contributed by atoms with van der Waals surface area (Å²) in [6.45, 7) is 12.4. The summed E-state index contributed by atoms with van der Waals surface area (Å²) in [7, 11) is 0. The number of carbonyl (C=O) groups is 5. The van der Waals surface area contributed by atoms with Crippen molar-refractivity contribution in [1.82, 2.24) is 45.0 Å². The maximum absolute atomic E-state index is 14.8. The van der Waals surface area contributed by atoms with Crippen molar-refractivity contribution in [2.45, 2.75) is 109 Å². The van der Waals surface area contributed by atoms with Gasteiger partial charge >= 0.3 is 0 Å². The first-order valence-electron chi connectivity index (χ1n) is 30.3. The summed E-state index contributed by atoms with van der Waals surface area (Å²) in [5, 5.41) is 27.0. The van der Waals surface area contributed by atoms with Crippen LogP contribution in [0.3, 0.4) is 0 Å². The summed E-state index contributed by atoms with van der Waals surface area (Å²) in [5.41, 5.74) is 5.22. The summed E-state index contributed by atoms with van der Waals surface area (Å²) in [4.78, 5) is 86.9. The lowest BCUT2D eigenvalue weighted by Crippen LogP contribution is -2.57. The predicted molar refractivity (Wildman–Crippen MR) is 329 cm³/mol. The Balaban J connectivity index is 0.571. The lowest BCUT2D eigenvalue weighted by atomic mass is 9.85. The molecular formula is C63H80F2N12O11S. The third-order valence-electron chi connectivity index (χ3n) is 15.8. The number of carbonyl (C=O) groups excluding carboxylic acids is 5. The summed E-state index contributed by atoms with van der Waals surface area (Å²) in [6.07, 6.45) is 5.50. The van der Waals surface area contributed by atoms with Crippen molar-refractivity contribution in [1.29, 1.82) is 0 Å². The van der Waals surface area contributed by atoms with Gasteiger partial charge in [-0.15, -0.1) is 11.3 Å². The number of aryl methyl sites for hydroxylation is 1. The standard InChI is InChI=1S/C63H80F2N12O11S/c1-41-57(89-40-67-41)43-12-10-42(11-13-43)37-66-61(82)52-36-46(78)39-76(52)62(83)58(63(2,3)4)73-55(79)19-25-84-27-29-86-31-33-88-34-32-87-30-28-85-26-20-56(80)74-22-16-45(17-23-74)69-53-9-5-7-49(70-53)60(81)71-50-38-68-77-24-18-54(72-59(50)77)75-21-6-8-51(75)47-35-44(64)14-15-48(47)65/h5,7,9-15,18,24,35,38,40,45-46,51-52,58,78H,6,8,16-17,19-23,25-34,36-37,39H2,1-4H3,(H,66,82)(H,69,70)(H,71,81)(H,73,79)/t46-,51-,52?,58-/m1/s1. The molecule has 7 heterocycles. The molecule has 4 aromatic heterocycles. The molecule has 3 aliphatic rings. The molecule has 23 nitrogen and oxygen atoms in total. The molecule has 478 valence electrons. The van der Waals surface area contributed by atoms with Crippen LogP contribution in [0.15, 0.2) is 84.6 Å². The van der Waals surface area contributed by atoms with Crippen LogP contribution in [0.5, 0.6) is 0 Å². The van der Waals surface area contributed by atoms with E-state index in [-0.39, 0.29) is 87.2 Å². The molecule has 0 saturated carbocycles. The van der Waals surface area contributed by atoms with Crippen LogP contribution < -0.4 is 26.2 Å². The van der Waals surface area contributed by atoms with Crippen LogP contribution >= 0.6 is 11.3 Å². The Kier molecular flexibility index (Phi) is 23.5. The van der Waals surface area contributed by atoms with Crippen LogP contribution in [0.2, 0.25) is 0 Å². The van der Waals surface area contributed by atoms with E-state index in [2.05, 4.69) is 36.3 Å². The quantitative estimate of drug-likeness (QED) is 0.0301. The number of β-amino-alcohol motifs (C(OH)–C–C–N with tert-alkyl or cyclic N) is 1. The van der Waals surface area contributed by atoms with Crippen LogP contribution in [0, 0.1) is 24.0 Å². The number of piperidine rings is 1. The molecule has 3 fully saturated rings. The lowest BCUT2D eigenvalue weighted by Gasteiger charge is -2.35. The molecule has 5 amide bonds. The molecule has 0 spiro atoms. The van der Waals surface area contributed by atoms with Gasteiger partial charge in [-0.25, -0.2) is 28.2 Å². The van der Waals surface area contributed by atoms with E-state index in [1.807, 2.05) is 61.8 Å². The number of pyridine rings is 1. The number of fused-ring (bicyclic) bond motifs is 1. The monoisotopic (exact) mass is 1250 g/mol. The minimum atomic E-state index is -0.946. The average Bonchev–Trinajstić information content (AvgIpc) is 1.90. The fourth-order valence-corrected chi connectivity index (χ4v) is 11.8. The molecule has 0 radical (unpaired) electrons. The van der Waals surface area contributed by atoms with Gasteiger partial charge in [0, 0.05) is 63.4 Å². The Morgan fingerprint density at radius 2 is 1.49 bits per heavy atom. The molecule has 0 bridgehead atoms. The zero-order chi connectivity index (χ0) is 62.9. The van der Waals surface area contributed by atoms with Gasteiger partial charge in [-0.1, -0.05) is 51.1 Å². The number of benzene rings is 2. The minimum Gasteiger partial charge on any atom is -0.391 e. The van der Waals surface area contributed by atoms with Gasteiger partial charge in [-0.3, -0.25) is 24.0 Å². The molecule has 1 unspecified atom stereocenters. The number of anilines is 3. The second kappa shape index (κ2) is 31.7. The largest absolute Gasteiger partial charge is 0.391 e. The first-order chi connectivity index (χ1) is 43.0. The number of halogens is 2. The van der Waals surface area contributed by atoms with Crippen LogP contribution in [0.1, 0.15) is 99.1 Å². The van der Waals surface area contributed by atoms with Crippen molar-refractivity contribution in [3.05, 3.63) is 119 Å². The highest BCUT2D eigenvalue weighted by Gasteiger charge is 2.44. The number of nitrogens with zero attached hydrogens (tertiary/aromatic N) is 8. The highest BCUT2D eigenvalue weighted by molar-refractivity contribution is 7.13. The molecular weight excluding hydrogens is 1170 g/mol. The average molecular weight is 1250 g/mol. The summed E-state index contributed by atoms with van der Waals surface area (Å²) in [6, 6.07) is 16.1. The number of aromatic nitrogens is 5. The number of ether oxygens (including phenoxy) is 5. The van der Waals surface area contributed by atoms with Gasteiger partial charge in [0.15, 0.2) is 5.65 Å². The van der Waals surface area contributed by atoms with Gasteiger partial charge in [-0.2, -0.15) is 5.10 Å². The van der Waals surface area contributed by atoms with Gasteiger partial charge in [-0.05, 0) is 85.5 Å². The van der Waals surface area contributed by atoms with E-state index in [0.29, 0.717) is 108 Å². The molecule has 3 aliphatic heterocycles. The highest BCUT2D eigenvalue weighted by atomic mass is 32.1.